The van der Waals surface area contributed by atoms with Crippen molar-refractivity contribution in [2.45, 2.75) is 32.9 Å². The molecular weight excluding hydrogens is 233 g/mol. The monoisotopic (exact) mass is 245 g/mol. The fraction of sp³-hybridized carbons (Fsp3) is 0.600. The van der Waals surface area contributed by atoms with Crippen LogP contribution in [-0.4, -0.2) is 21.4 Å². The van der Waals surface area contributed by atoms with Gasteiger partial charge in [0.25, 0.3) is 0 Å². The maximum absolute atomic E-state index is 5.82. The van der Waals surface area contributed by atoms with Crippen molar-refractivity contribution in [2.24, 2.45) is 0 Å². The summed E-state index contributed by atoms with van der Waals surface area (Å²) in [6.07, 6.45) is 2.41. The Kier molecular flexibility index (Phi) is 3.44. The second-order valence-electron chi connectivity index (χ2n) is 3.76. The number of nitrogens with zero attached hydrogens (tertiary/aromatic N) is 3. The molecule has 15 heavy (non-hydrogen) atoms. The van der Waals surface area contributed by atoms with Crippen molar-refractivity contribution in [3.63, 3.8) is 0 Å². The van der Waals surface area contributed by atoms with Gasteiger partial charge in [-0.25, -0.2) is 9.97 Å². The minimum Gasteiger partial charge on any atom is -0.292 e. The molecule has 0 bridgehead atoms. The highest BCUT2D eigenvalue weighted by Crippen LogP contribution is 2.25. The van der Waals surface area contributed by atoms with Crippen LogP contribution in [0.3, 0.4) is 0 Å². The van der Waals surface area contributed by atoms with Crippen molar-refractivity contribution >= 4 is 23.2 Å². The molecule has 1 aromatic heterocycles. The van der Waals surface area contributed by atoms with Gasteiger partial charge in [0.15, 0.2) is 10.3 Å². The van der Waals surface area contributed by atoms with E-state index in [4.69, 9.17) is 23.2 Å². The molecule has 0 atom stereocenters. The Morgan fingerprint density at radius 1 is 1.13 bits per heavy atom. The highest BCUT2D eigenvalue weighted by atomic mass is 35.5. The molecule has 1 aromatic rings. The fourth-order valence-electron chi connectivity index (χ4n) is 1.73. The molecule has 0 spiro atoms. The highest BCUT2D eigenvalue weighted by Gasteiger charge is 2.22. The van der Waals surface area contributed by atoms with Crippen LogP contribution >= 0.6 is 23.2 Å². The van der Waals surface area contributed by atoms with Crippen LogP contribution in [-0.2, 0) is 13.1 Å². The predicted molar refractivity (Wildman–Crippen MR) is 61.1 cm³/mol. The number of unbranched alkanes of at least 4 members (excludes halogenated alkanes) is 1. The second kappa shape index (κ2) is 4.64. The first-order chi connectivity index (χ1) is 7.20. The molecule has 0 N–H and O–H groups in total. The summed E-state index contributed by atoms with van der Waals surface area (Å²) >= 11 is 11.6. The van der Waals surface area contributed by atoms with Gasteiger partial charge in [-0.3, -0.25) is 4.90 Å². The maximum Gasteiger partial charge on any atom is 0.166 e. The molecule has 0 aromatic carbocycles. The standard InChI is InChI=1S/C10H13Cl2N3/c1-2-3-4-15-5-7-8(6-15)14-10(12)9(11)13-7/h2-6H2,1H3. The molecule has 1 aliphatic heterocycles. The van der Waals surface area contributed by atoms with E-state index in [0.29, 0.717) is 10.3 Å². The van der Waals surface area contributed by atoms with Crippen LogP contribution in [0.25, 0.3) is 0 Å². The summed E-state index contributed by atoms with van der Waals surface area (Å²) in [5.74, 6) is 0. The van der Waals surface area contributed by atoms with Gasteiger partial charge in [0.1, 0.15) is 0 Å². The molecule has 0 fully saturated rings. The van der Waals surface area contributed by atoms with E-state index in [9.17, 15) is 0 Å². The van der Waals surface area contributed by atoms with Gasteiger partial charge in [-0.05, 0) is 13.0 Å². The minimum absolute atomic E-state index is 0.313. The lowest BCUT2D eigenvalue weighted by atomic mass is 10.3. The van der Waals surface area contributed by atoms with E-state index in [-0.39, 0.29) is 0 Å². The molecular formula is C10H13Cl2N3. The van der Waals surface area contributed by atoms with Gasteiger partial charge in [0.2, 0.25) is 0 Å². The predicted octanol–water partition coefficient (Wildman–Crippen LogP) is 2.90. The molecule has 2 heterocycles. The van der Waals surface area contributed by atoms with Gasteiger partial charge >= 0.3 is 0 Å². The molecule has 0 amide bonds. The summed E-state index contributed by atoms with van der Waals surface area (Å²) in [5, 5.41) is 0.625. The van der Waals surface area contributed by atoms with Crippen LogP contribution in [0.1, 0.15) is 31.2 Å². The van der Waals surface area contributed by atoms with Crippen LogP contribution in [0.2, 0.25) is 10.3 Å². The second-order valence-corrected chi connectivity index (χ2v) is 4.48. The first-order valence-corrected chi connectivity index (χ1v) is 5.89. The van der Waals surface area contributed by atoms with Crippen molar-refractivity contribution in [3.8, 4) is 0 Å². The van der Waals surface area contributed by atoms with Crippen LogP contribution in [0, 0.1) is 0 Å². The third-order valence-electron chi connectivity index (χ3n) is 2.54. The molecule has 0 saturated heterocycles. The van der Waals surface area contributed by atoms with Gasteiger partial charge in [-0.2, -0.15) is 0 Å². The van der Waals surface area contributed by atoms with E-state index in [1.165, 1.54) is 12.8 Å². The third kappa shape index (κ3) is 2.41. The Morgan fingerprint density at radius 3 is 2.13 bits per heavy atom. The first-order valence-electron chi connectivity index (χ1n) is 5.14. The van der Waals surface area contributed by atoms with Gasteiger partial charge in [0.05, 0.1) is 11.4 Å². The smallest absolute Gasteiger partial charge is 0.166 e. The average molecular weight is 246 g/mol. The van der Waals surface area contributed by atoms with Gasteiger partial charge in [-0.15, -0.1) is 0 Å². The Balaban J connectivity index is 2.10. The van der Waals surface area contributed by atoms with E-state index < -0.39 is 0 Å². The van der Waals surface area contributed by atoms with E-state index in [0.717, 1.165) is 31.0 Å². The Morgan fingerprint density at radius 2 is 1.67 bits per heavy atom. The number of aromatic nitrogens is 2. The van der Waals surface area contributed by atoms with Gasteiger partial charge < -0.3 is 0 Å². The molecule has 3 nitrogen and oxygen atoms in total. The van der Waals surface area contributed by atoms with E-state index >= 15 is 0 Å². The van der Waals surface area contributed by atoms with Gasteiger partial charge in [0, 0.05) is 13.1 Å². The molecule has 0 radical (unpaired) electrons. The lowest BCUT2D eigenvalue weighted by molar-refractivity contribution is 0.276. The van der Waals surface area contributed by atoms with Gasteiger partial charge in [-0.1, -0.05) is 36.5 Å². The molecule has 2 rings (SSSR count). The fourth-order valence-corrected chi connectivity index (χ4v) is 2.02. The lowest BCUT2D eigenvalue weighted by Crippen LogP contribution is -2.17. The topological polar surface area (TPSA) is 29.0 Å². The number of hydrogen-bond donors (Lipinski definition) is 0. The number of halogens is 2. The number of rotatable bonds is 3. The molecule has 1 aliphatic rings. The zero-order valence-corrected chi connectivity index (χ0v) is 10.1. The normalized spacial score (nSPS) is 15.7. The molecule has 0 unspecified atom stereocenters. The van der Waals surface area contributed by atoms with E-state index in [1.807, 2.05) is 0 Å². The summed E-state index contributed by atoms with van der Waals surface area (Å²) < 4.78 is 0. The SMILES string of the molecule is CCCCN1Cc2nc(Cl)c(Cl)nc2C1. The van der Waals surface area contributed by atoms with Crippen LogP contribution < -0.4 is 0 Å². The zero-order valence-electron chi connectivity index (χ0n) is 8.63. The van der Waals surface area contributed by atoms with Crippen molar-refractivity contribution in [3.05, 3.63) is 21.7 Å². The van der Waals surface area contributed by atoms with E-state index in [1.54, 1.807) is 0 Å². The van der Waals surface area contributed by atoms with Crippen molar-refractivity contribution in [1.29, 1.82) is 0 Å². The zero-order chi connectivity index (χ0) is 10.8. The summed E-state index contributed by atoms with van der Waals surface area (Å²) in [5.41, 5.74) is 1.95. The molecule has 82 valence electrons. The average Bonchev–Trinajstić information content (AvgIpc) is 2.58. The summed E-state index contributed by atoms with van der Waals surface area (Å²) in [7, 11) is 0. The Labute approximate surface area is 99.4 Å². The summed E-state index contributed by atoms with van der Waals surface area (Å²) in [6, 6.07) is 0. The molecule has 0 saturated carbocycles. The quantitative estimate of drug-likeness (QED) is 0.821. The largest absolute Gasteiger partial charge is 0.292 e. The minimum atomic E-state index is 0.313. The maximum atomic E-state index is 5.82. The third-order valence-corrected chi connectivity index (χ3v) is 3.17. The summed E-state index contributed by atoms with van der Waals surface area (Å²) in [4.78, 5) is 10.8. The molecule has 5 heteroatoms. The van der Waals surface area contributed by atoms with Crippen molar-refractivity contribution in [1.82, 2.24) is 14.9 Å². The first kappa shape index (κ1) is 11.1. The Bertz CT molecular complexity index is 337. The molecule has 0 aliphatic carbocycles. The van der Waals surface area contributed by atoms with Crippen LogP contribution in [0.15, 0.2) is 0 Å². The van der Waals surface area contributed by atoms with Crippen LogP contribution in [0.4, 0.5) is 0 Å². The van der Waals surface area contributed by atoms with Crippen LogP contribution in [0.5, 0.6) is 0 Å². The Hall–Kier alpha value is -0.380. The lowest BCUT2D eigenvalue weighted by Gasteiger charge is -2.12. The highest BCUT2D eigenvalue weighted by molar-refractivity contribution is 6.40. The van der Waals surface area contributed by atoms with E-state index in [2.05, 4.69) is 21.8 Å². The van der Waals surface area contributed by atoms with Crippen molar-refractivity contribution < 1.29 is 0 Å². The number of hydrogen-bond acceptors (Lipinski definition) is 3. The summed E-state index contributed by atoms with van der Waals surface area (Å²) in [6.45, 7) is 4.97. The number of fused-ring (bicyclic) bond motifs is 1. The van der Waals surface area contributed by atoms with Crippen molar-refractivity contribution in [2.75, 3.05) is 6.54 Å².